The molecule has 1 aromatic carbocycles. The number of hydrogen-bond acceptors (Lipinski definition) is 1. The Kier molecular flexibility index (Phi) is 9.21. The Morgan fingerprint density at radius 2 is 1.60 bits per heavy atom. The largest absolute Gasteiger partial charge is 0.324 e. The predicted octanol–water partition coefficient (Wildman–Crippen LogP) is 6.29. The Morgan fingerprint density at radius 1 is 1.00 bits per heavy atom. The highest BCUT2D eigenvalue weighted by Gasteiger charge is 2.10. The van der Waals surface area contributed by atoms with Crippen molar-refractivity contribution >= 4 is 15.9 Å². The van der Waals surface area contributed by atoms with Gasteiger partial charge in [-0.25, -0.2) is 0 Å². The highest BCUT2D eigenvalue weighted by molar-refractivity contribution is 9.10. The van der Waals surface area contributed by atoms with Crippen LogP contribution in [0.15, 0.2) is 22.7 Å². The third-order valence-corrected chi connectivity index (χ3v) is 5.07. The molecule has 0 bridgehead atoms. The normalized spacial score (nSPS) is 12.6. The number of unbranched alkanes of at least 4 members (excludes halogenated alkanes) is 7. The van der Waals surface area contributed by atoms with Gasteiger partial charge in [0.15, 0.2) is 0 Å². The third-order valence-electron chi connectivity index (χ3n) is 3.99. The maximum atomic E-state index is 6.32. The maximum Gasteiger partial charge on any atom is 0.0306 e. The van der Waals surface area contributed by atoms with Gasteiger partial charge in [-0.15, -0.1) is 0 Å². The van der Waals surface area contributed by atoms with Crippen molar-refractivity contribution in [2.75, 3.05) is 0 Å². The van der Waals surface area contributed by atoms with E-state index in [1.807, 2.05) is 0 Å². The van der Waals surface area contributed by atoms with E-state index in [0.717, 1.165) is 6.42 Å². The van der Waals surface area contributed by atoms with Crippen molar-refractivity contribution in [3.05, 3.63) is 33.8 Å². The van der Waals surface area contributed by atoms with Crippen LogP contribution >= 0.6 is 15.9 Å². The minimum atomic E-state index is 0.171. The molecule has 0 saturated heterocycles. The van der Waals surface area contributed by atoms with Crippen LogP contribution in [0.3, 0.4) is 0 Å². The lowest BCUT2D eigenvalue weighted by atomic mass is 9.99. The Balaban J connectivity index is 2.17. The van der Waals surface area contributed by atoms with Crippen LogP contribution < -0.4 is 5.73 Å². The summed E-state index contributed by atoms with van der Waals surface area (Å²) in [4.78, 5) is 0. The number of hydrogen-bond donors (Lipinski definition) is 1. The van der Waals surface area contributed by atoms with E-state index >= 15 is 0 Å². The van der Waals surface area contributed by atoms with Crippen LogP contribution in [-0.4, -0.2) is 0 Å². The minimum absolute atomic E-state index is 0.171. The summed E-state index contributed by atoms with van der Waals surface area (Å²) in [7, 11) is 0. The summed E-state index contributed by atoms with van der Waals surface area (Å²) in [6.45, 7) is 4.39. The molecule has 114 valence electrons. The molecule has 0 saturated carbocycles. The van der Waals surface area contributed by atoms with Crippen molar-refractivity contribution < 1.29 is 0 Å². The van der Waals surface area contributed by atoms with Gasteiger partial charge in [0, 0.05) is 10.5 Å². The molecule has 20 heavy (non-hydrogen) atoms. The molecule has 0 radical (unpaired) electrons. The van der Waals surface area contributed by atoms with Crippen LogP contribution in [0.25, 0.3) is 0 Å². The lowest BCUT2D eigenvalue weighted by Gasteiger charge is -2.15. The lowest BCUT2D eigenvalue weighted by molar-refractivity contribution is 0.535. The van der Waals surface area contributed by atoms with E-state index in [-0.39, 0.29) is 6.04 Å². The summed E-state index contributed by atoms with van der Waals surface area (Å²) >= 11 is 3.66. The minimum Gasteiger partial charge on any atom is -0.324 e. The first-order chi connectivity index (χ1) is 9.66. The molecule has 1 atom stereocenters. The SMILES string of the molecule is CCCCCCCCCCC(N)c1cccc(C)c1Br. The fraction of sp³-hybridized carbons (Fsp3) is 0.667. The van der Waals surface area contributed by atoms with Gasteiger partial charge in [0.1, 0.15) is 0 Å². The van der Waals surface area contributed by atoms with Crippen molar-refractivity contribution in [1.82, 2.24) is 0 Å². The van der Waals surface area contributed by atoms with Gasteiger partial charge in [-0.3, -0.25) is 0 Å². The average Bonchev–Trinajstić information content (AvgIpc) is 2.44. The zero-order valence-corrected chi connectivity index (χ0v) is 14.7. The molecule has 0 aliphatic carbocycles. The van der Waals surface area contributed by atoms with Crippen molar-refractivity contribution in [2.24, 2.45) is 5.73 Å². The van der Waals surface area contributed by atoms with E-state index in [1.165, 1.54) is 67.0 Å². The van der Waals surface area contributed by atoms with Gasteiger partial charge < -0.3 is 5.73 Å². The van der Waals surface area contributed by atoms with Gasteiger partial charge in [-0.1, -0.05) is 92.4 Å². The molecular formula is C18H30BrN. The summed E-state index contributed by atoms with van der Waals surface area (Å²) in [6.07, 6.45) is 12.0. The molecule has 1 unspecified atom stereocenters. The van der Waals surface area contributed by atoms with E-state index in [2.05, 4.69) is 48.0 Å². The maximum absolute atomic E-state index is 6.32. The first-order valence-electron chi connectivity index (χ1n) is 8.17. The second-order valence-corrected chi connectivity index (χ2v) is 6.64. The topological polar surface area (TPSA) is 26.0 Å². The number of halogens is 1. The first kappa shape index (κ1) is 17.7. The lowest BCUT2D eigenvalue weighted by Crippen LogP contribution is -2.11. The number of nitrogens with two attached hydrogens (primary N) is 1. The second kappa shape index (κ2) is 10.4. The molecule has 0 heterocycles. The molecule has 0 aliphatic rings. The highest BCUT2D eigenvalue weighted by atomic mass is 79.9. The van der Waals surface area contributed by atoms with Crippen LogP contribution in [0.1, 0.15) is 81.9 Å². The quantitative estimate of drug-likeness (QED) is 0.498. The van der Waals surface area contributed by atoms with E-state index in [0.29, 0.717) is 0 Å². The van der Waals surface area contributed by atoms with Crippen molar-refractivity contribution in [3.63, 3.8) is 0 Å². The molecule has 0 aromatic heterocycles. The number of aryl methyl sites for hydroxylation is 1. The van der Waals surface area contributed by atoms with E-state index in [4.69, 9.17) is 5.73 Å². The first-order valence-corrected chi connectivity index (χ1v) is 8.96. The molecule has 2 N–H and O–H groups in total. The van der Waals surface area contributed by atoms with Gasteiger partial charge in [0.05, 0.1) is 0 Å². The van der Waals surface area contributed by atoms with Crippen LogP contribution in [0.2, 0.25) is 0 Å². The molecule has 0 amide bonds. The van der Waals surface area contributed by atoms with Gasteiger partial charge in [-0.05, 0) is 24.5 Å². The number of rotatable bonds is 10. The van der Waals surface area contributed by atoms with Gasteiger partial charge in [0.2, 0.25) is 0 Å². The summed E-state index contributed by atoms with van der Waals surface area (Å²) in [5.74, 6) is 0. The van der Waals surface area contributed by atoms with Crippen molar-refractivity contribution in [1.29, 1.82) is 0 Å². The molecule has 1 nitrogen and oxygen atoms in total. The molecule has 1 aromatic rings. The summed E-state index contributed by atoms with van der Waals surface area (Å²) in [6, 6.07) is 6.54. The van der Waals surface area contributed by atoms with Gasteiger partial charge >= 0.3 is 0 Å². The Morgan fingerprint density at radius 3 is 2.25 bits per heavy atom. The van der Waals surface area contributed by atoms with Crippen LogP contribution in [0.5, 0.6) is 0 Å². The van der Waals surface area contributed by atoms with Crippen LogP contribution in [-0.2, 0) is 0 Å². The van der Waals surface area contributed by atoms with E-state index in [9.17, 15) is 0 Å². The monoisotopic (exact) mass is 339 g/mol. The van der Waals surface area contributed by atoms with Crippen molar-refractivity contribution in [3.8, 4) is 0 Å². The molecule has 1 rings (SSSR count). The summed E-state index contributed by atoms with van der Waals surface area (Å²) < 4.78 is 1.19. The van der Waals surface area contributed by atoms with E-state index < -0.39 is 0 Å². The summed E-state index contributed by atoms with van der Waals surface area (Å²) in [5, 5.41) is 0. The number of benzene rings is 1. The van der Waals surface area contributed by atoms with Gasteiger partial charge in [0.25, 0.3) is 0 Å². The Bertz CT molecular complexity index is 376. The van der Waals surface area contributed by atoms with Crippen LogP contribution in [0.4, 0.5) is 0 Å². The zero-order valence-electron chi connectivity index (χ0n) is 13.1. The Labute approximate surface area is 133 Å². The standard InChI is InChI=1S/C18H30BrN/c1-3-4-5-6-7-8-9-10-14-17(20)16-13-11-12-15(2)18(16)19/h11-13,17H,3-10,14,20H2,1-2H3. The molecule has 0 spiro atoms. The average molecular weight is 340 g/mol. The molecule has 0 fully saturated rings. The second-order valence-electron chi connectivity index (χ2n) is 5.85. The Hall–Kier alpha value is -0.340. The molecule has 0 aliphatic heterocycles. The predicted molar refractivity (Wildman–Crippen MR) is 93.0 cm³/mol. The zero-order chi connectivity index (χ0) is 14.8. The smallest absolute Gasteiger partial charge is 0.0306 e. The fourth-order valence-electron chi connectivity index (χ4n) is 2.61. The van der Waals surface area contributed by atoms with Crippen LogP contribution in [0, 0.1) is 6.92 Å². The highest BCUT2D eigenvalue weighted by Crippen LogP contribution is 2.28. The van der Waals surface area contributed by atoms with E-state index in [1.54, 1.807) is 0 Å². The molecule has 2 heteroatoms. The fourth-order valence-corrected chi connectivity index (χ4v) is 3.17. The molecular weight excluding hydrogens is 310 g/mol. The van der Waals surface area contributed by atoms with Crippen molar-refractivity contribution in [2.45, 2.75) is 77.7 Å². The summed E-state index contributed by atoms with van der Waals surface area (Å²) in [5.41, 5.74) is 8.84. The third kappa shape index (κ3) is 6.41. The van der Waals surface area contributed by atoms with Gasteiger partial charge in [-0.2, -0.15) is 0 Å².